The number of aromatic nitrogens is 3. The normalized spacial score (nSPS) is 10.6. The van der Waals surface area contributed by atoms with Crippen molar-refractivity contribution in [1.29, 1.82) is 0 Å². The van der Waals surface area contributed by atoms with E-state index in [9.17, 15) is 4.79 Å². The maximum atomic E-state index is 12.9. The van der Waals surface area contributed by atoms with Crippen LogP contribution in [0.3, 0.4) is 0 Å². The summed E-state index contributed by atoms with van der Waals surface area (Å²) in [4.78, 5) is 24.8. The number of rotatable bonds is 5. The first-order chi connectivity index (χ1) is 13.6. The van der Waals surface area contributed by atoms with Gasteiger partial charge in [-0.05, 0) is 48.5 Å². The minimum absolute atomic E-state index is 0.310. The lowest BCUT2D eigenvalue weighted by molar-refractivity contribution is 0.102. The van der Waals surface area contributed by atoms with E-state index in [1.54, 1.807) is 30.8 Å². The number of methoxy groups -OCH3 is 1. The highest BCUT2D eigenvalue weighted by Gasteiger charge is 2.20. The summed E-state index contributed by atoms with van der Waals surface area (Å²) in [7, 11) is 1.61. The number of anilines is 2. The van der Waals surface area contributed by atoms with Gasteiger partial charge in [0.05, 0.1) is 7.11 Å². The Kier molecular flexibility index (Phi) is 4.77. The van der Waals surface area contributed by atoms with Crippen LogP contribution in [0.5, 0.6) is 5.75 Å². The average Bonchev–Trinajstić information content (AvgIpc) is 3.38. The van der Waals surface area contributed by atoms with Crippen molar-refractivity contribution in [1.82, 2.24) is 15.0 Å². The van der Waals surface area contributed by atoms with Crippen LogP contribution in [0.2, 0.25) is 0 Å². The summed E-state index contributed by atoms with van der Waals surface area (Å²) >= 11 is 1.35. The van der Waals surface area contributed by atoms with Crippen LogP contribution >= 0.6 is 11.3 Å². The van der Waals surface area contributed by atoms with E-state index in [0.717, 1.165) is 16.9 Å². The lowest BCUT2D eigenvalue weighted by Gasteiger charge is -2.04. The van der Waals surface area contributed by atoms with E-state index < -0.39 is 0 Å². The number of carbonyl (C=O) groups is 1. The topological polar surface area (TPSA) is 106 Å². The number of nitrogens with zero attached hydrogens (tertiary/aromatic N) is 2. The fourth-order valence-electron chi connectivity index (χ4n) is 2.72. The lowest BCUT2D eigenvalue weighted by Crippen LogP contribution is -2.13. The zero-order valence-corrected chi connectivity index (χ0v) is 15.8. The van der Waals surface area contributed by atoms with E-state index in [1.165, 1.54) is 11.3 Å². The molecule has 0 unspecified atom stereocenters. The number of carbonyl (C=O) groups excluding carboxylic acids is 1. The Morgan fingerprint density at radius 1 is 1.11 bits per heavy atom. The molecule has 0 aliphatic rings. The Bertz CT molecular complexity index is 1090. The second-order valence-corrected chi connectivity index (χ2v) is 6.85. The predicted molar refractivity (Wildman–Crippen MR) is 110 cm³/mol. The number of H-pyrrole nitrogens is 1. The van der Waals surface area contributed by atoms with Gasteiger partial charge in [0.1, 0.15) is 23.0 Å². The largest absolute Gasteiger partial charge is 0.497 e. The first-order valence-corrected chi connectivity index (χ1v) is 9.33. The molecule has 0 spiro atoms. The van der Waals surface area contributed by atoms with E-state index in [0.29, 0.717) is 28.0 Å². The van der Waals surface area contributed by atoms with E-state index in [4.69, 9.17) is 10.5 Å². The Morgan fingerprint density at radius 2 is 1.82 bits per heavy atom. The molecule has 2 aromatic heterocycles. The first kappa shape index (κ1) is 17.7. The molecule has 8 heteroatoms. The van der Waals surface area contributed by atoms with Crippen LogP contribution < -0.4 is 15.8 Å². The van der Waals surface area contributed by atoms with Gasteiger partial charge in [0.15, 0.2) is 5.13 Å². The summed E-state index contributed by atoms with van der Waals surface area (Å²) in [5.41, 5.74) is 8.95. The molecule has 1 amide bonds. The second-order valence-electron chi connectivity index (χ2n) is 5.95. The zero-order valence-electron chi connectivity index (χ0n) is 15.0. The Labute approximate surface area is 165 Å². The van der Waals surface area contributed by atoms with Gasteiger partial charge in [-0.3, -0.25) is 10.1 Å². The highest BCUT2D eigenvalue weighted by molar-refractivity contribution is 7.13. The minimum atomic E-state index is -0.310. The number of hydrogen-bond acceptors (Lipinski definition) is 6. The molecule has 4 aromatic rings. The molecule has 4 rings (SSSR count). The summed E-state index contributed by atoms with van der Waals surface area (Å²) in [6.07, 6.45) is 1.64. The van der Waals surface area contributed by atoms with Gasteiger partial charge < -0.3 is 15.5 Å². The van der Waals surface area contributed by atoms with Crippen LogP contribution in [0.4, 0.5) is 10.8 Å². The van der Waals surface area contributed by atoms with Gasteiger partial charge in [-0.2, -0.15) is 0 Å². The molecule has 2 aromatic carbocycles. The smallest absolute Gasteiger partial charge is 0.276 e. The molecule has 0 fully saturated rings. The van der Waals surface area contributed by atoms with E-state index in [1.807, 2.05) is 36.4 Å². The van der Waals surface area contributed by atoms with Crippen LogP contribution in [-0.4, -0.2) is 28.0 Å². The fraction of sp³-hybridized carbons (Fsp3) is 0.0500. The average molecular weight is 391 g/mol. The molecule has 0 radical (unpaired) electrons. The van der Waals surface area contributed by atoms with Gasteiger partial charge in [-0.25, -0.2) is 9.97 Å². The SMILES string of the molecule is COc1ccc(-c2nc(-c3ccc(N)cc3)[nH]c2C(=O)Nc2nccs2)cc1. The van der Waals surface area contributed by atoms with Gasteiger partial charge in [-0.15, -0.1) is 11.3 Å². The van der Waals surface area contributed by atoms with Crippen molar-refractivity contribution < 1.29 is 9.53 Å². The Morgan fingerprint density at radius 3 is 2.46 bits per heavy atom. The molecule has 0 saturated carbocycles. The van der Waals surface area contributed by atoms with E-state index in [2.05, 4.69) is 20.3 Å². The summed E-state index contributed by atoms with van der Waals surface area (Å²) < 4.78 is 5.21. The molecule has 28 heavy (non-hydrogen) atoms. The maximum Gasteiger partial charge on any atom is 0.276 e. The molecule has 0 saturated heterocycles. The molecule has 140 valence electrons. The molecule has 7 nitrogen and oxygen atoms in total. The number of thiazole rings is 1. The zero-order chi connectivity index (χ0) is 19.5. The summed E-state index contributed by atoms with van der Waals surface area (Å²) in [5, 5.41) is 5.12. The minimum Gasteiger partial charge on any atom is -0.497 e. The van der Waals surface area contributed by atoms with E-state index >= 15 is 0 Å². The maximum absolute atomic E-state index is 12.9. The van der Waals surface area contributed by atoms with Crippen LogP contribution in [-0.2, 0) is 0 Å². The summed E-state index contributed by atoms with van der Waals surface area (Å²) in [6, 6.07) is 14.7. The molecule has 0 bridgehead atoms. The number of nitrogens with two attached hydrogens (primary N) is 1. The number of hydrogen-bond donors (Lipinski definition) is 3. The number of nitrogens with one attached hydrogen (secondary N) is 2. The number of aromatic amines is 1. The van der Waals surface area contributed by atoms with Crippen LogP contribution in [0.15, 0.2) is 60.1 Å². The van der Waals surface area contributed by atoms with Crippen molar-refractivity contribution in [2.24, 2.45) is 0 Å². The van der Waals surface area contributed by atoms with Gasteiger partial charge in [0.25, 0.3) is 5.91 Å². The fourth-order valence-corrected chi connectivity index (χ4v) is 3.24. The number of ether oxygens (including phenoxy) is 1. The third-order valence-electron chi connectivity index (χ3n) is 4.13. The standard InChI is InChI=1S/C20H17N5O2S/c1-27-15-8-4-12(5-9-15)16-17(19(26)25-20-22-10-11-28-20)24-18(23-16)13-2-6-14(21)7-3-13/h2-11H,21H2,1H3,(H,23,24)(H,22,25,26). The Balaban J connectivity index is 1.77. The molecular formula is C20H17N5O2S. The lowest BCUT2D eigenvalue weighted by atomic mass is 10.1. The van der Waals surface area contributed by atoms with Gasteiger partial charge in [-0.1, -0.05) is 0 Å². The van der Waals surface area contributed by atoms with Crippen molar-refractivity contribution in [2.75, 3.05) is 18.2 Å². The highest BCUT2D eigenvalue weighted by Crippen LogP contribution is 2.28. The van der Waals surface area contributed by atoms with Crippen molar-refractivity contribution >= 4 is 28.1 Å². The number of benzene rings is 2. The van der Waals surface area contributed by atoms with Crippen molar-refractivity contribution in [3.05, 3.63) is 65.8 Å². The Hall–Kier alpha value is -3.65. The summed E-state index contributed by atoms with van der Waals surface area (Å²) in [6.45, 7) is 0. The molecule has 4 N–H and O–H groups in total. The molecule has 0 atom stereocenters. The third-order valence-corrected chi connectivity index (χ3v) is 4.82. The van der Waals surface area contributed by atoms with Crippen molar-refractivity contribution in [3.63, 3.8) is 0 Å². The van der Waals surface area contributed by atoms with Gasteiger partial charge in [0.2, 0.25) is 0 Å². The van der Waals surface area contributed by atoms with Crippen molar-refractivity contribution in [2.45, 2.75) is 0 Å². The summed E-state index contributed by atoms with van der Waals surface area (Å²) in [5.74, 6) is 0.997. The quantitative estimate of drug-likeness (QED) is 0.445. The number of imidazole rings is 1. The number of amides is 1. The monoisotopic (exact) mass is 391 g/mol. The number of nitrogen functional groups attached to an aromatic ring is 1. The van der Waals surface area contributed by atoms with Crippen LogP contribution in [0, 0.1) is 0 Å². The predicted octanol–water partition coefficient (Wildman–Crippen LogP) is 4.04. The van der Waals surface area contributed by atoms with Crippen molar-refractivity contribution in [3.8, 4) is 28.4 Å². The third kappa shape index (κ3) is 3.58. The highest BCUT2D eigenvalue weighted by atomic mass is 32.1. The van der Waals surface area contributed by atoms with Crippen LogP contribution in [0.25, 0.3) is 22.6 Å². The van der Waals surface area contributed by atoms with Gasteiger partial charge >= 0.3 is 0 Å². The van der Waals surface area contributed by atoms with Gasteiger partial charge in [0, 0.05) is 28.4 Å². The molecular weight excluding hydrogens is 374 g/mol. The first-order valence-electron chi connectivity index (χ1n) is 8.45. The second kappa shape index (κ2) is 7.53. The van der Waals surface area contributed by atoms with E-state index in [-0.39, 0.29) is 5.91 Å². The van der Waals surface area contributed by atoms with Crippen LogP contribution in [0.1, 0.15) is 10.5 Å². The molecule has 0 aliphatic heterocycles. The molecule has 2 heterocycles. The molecule has 0 aliphatic carbocycles.